The Hall–Kier alpha value is -1.16. The summed E-state index contributed by atoms with van der Waals surface area (Å²) in [6.45, 7) is 3.32. The lowest BCUT2D eigenvalue weighted by Gasteiger charge is -2.08. The maximum Gasteiger partial charge on any atom is 0.134 e. The molecule has 0 fully saturated rings. The fraction of sp³-hybridized carbons (Fsp3) is 0.308. The first kappa shape index (κ1) is 12.3. The number of hydrogen-bond donors (Lipinski definition) is 2. The van der Waals surface area contributed by atoms with E-state index in [2.05, 4.69) is 10.3 Å². The molecule has 1 heterocycles. The average molecular weight is 251 g/mol. The molecule has 0 unspecified atom stereocenters. The van der Waals surface area contributed by atoms with Gasteiger partial charge in [-0.05, 0) is 18.6 Å². The van der Waals surface area contributed by atoms with Gasteiger partial charge in [0.1, 0.15) is 5.15 Å². The van der Waals surface area contributed by atoms with Crippen molar-refractivity contribution in [3.05, 3.63) is 40.5 Å². The second-order valence-electron chi connectivity index (χ2n) is 3.99. The molecule has 0 aliphatic rings. The number of halogens is 1. The molecule has 0 spiro atoms. The summed E-state index contributed by atoms with van der Waals surface area (Å²) >= 11 is 6.14. The molecule has 0 aliphatic carbocycles. The van der Waals surface area contributed by atoms with E-state index < -0.39 is 0 Å². The number of para-hydroxylation sites is 1. The fourth-order valence-corrected chi connectivity index (χ4v) is 2.00. The van der Waals surface area contributed by atoms with Crippen LogP contribution in [0.2, 0.25) is 5.15 Å². The summed E-state index contributed by atoms with van der Waals surface area (Å²) < 4.78 is 0. The maximum absolute atomic E-state index is 8.71. The van der Waals surface area contributed by atoms with Crippen LogP contribution in [0.5, 0.6) is 0 Å². The first-order valence-corrected chi connectivity index (χ1v) is 5.96. The van der Waals surface area contributed by atoms with Gasteiger partial charge in [0.15, 0.2) is 0 Å². The van der Waals surface area contributed by atoms with Gasteiger partial charge in [-0.2, -0.15) is 0 Å². The van der Waals surface area contributed by atoms with Crippen LogP contribution in [-0.4, -0.2) is 23.2 Å². The minimum atomic E-state index is 0.123. The van der Waals surface area contributed by atoms with Gasteiger partial charge >= 0.3 is 0 Å². The van der Waals surface area contributed by atoms with E-state index in [1.54, 1.807) is 0 Å². The van der Waals surface area contributed by atoms with E-state index >= 15 is 0 Å². The summed E-state index contributed by atoms with van der Waals surface area (Å²) in [6.07, 6.45) is 0. The normalized spacial score (nSPS) is 11.0. The Morgan fingerprint density at radius 2 is 2.24 bits per heavy atom. The van der Waals surface area contributed by atoms with Gasteiger partial charge in [0.2, 0.25) is 0 Å². The average Bonchev–Trinajstić information content (AvgIpc) is 2.31. The highest BCUT2D eigenvalue weighted by Gasteiger charge is 2.05. The number of aliphatic hydroxyl groups is 1. The van der Waals surface area contributed by atoms with Crippen molar-refractivity contribution < 1.29 is 5.11 Å². The Morgan fingerprint density at radius 1 is 1.41 bits per heavy atom. The summed E-state index contributed by atoms with van der Waals surface area (Å²) in [5.74, 6) is 0. The number of nitrogens with one attached hydrogen (secondary N) is 1. The maximum atomic E-state index is 8.71. The zero-order valence-electron chi connectivity index (χ0n) is 9.70. The minimum Gasteiger partial charge on any atom is -0.395 e. The molecule has 0 atom stereocenters. The predicted octanol–water partition coefficient (Wildman–Crippen LogP) is 2.28. The lowest BCUT2D eigenvalue weighted by molar-refractivity contribution is 0.292. The van der Waals surface area contributed by atoms with Gasteiger partial charge < -0.3 is 10.4 Å². The van der Waals surface area contributed by atoms with Crippen LogP contribution in [-0.2, 0) is 6.54 Å². The quantitative estimate of drug-likeness (QED) is 0.646. The highest BCUT2D eigenvalue weighted by atomic mass is 35.5. The number of aromatic nitrogens is 1. The van der Waals surface area contributed by atoms with Crippen LogP contribution < -0.4 is 5.32 Å². The minimum absolute atomic E-state index is 0.123. The predicted molar refractivity (Wildman–Crippen MR) is 70.3 cm³/mol. The van der Waals surface area contributed by atoms with E-state index in [4.69, 9.17) is 16.7 Å². The molecule has 90 valence electrons. The van der Waals surface area contributed by atoms with E-state index in [1.807, 2.05) is 31.2 Å². The summed E-state index contributed by atoms with van der Waals surface area (Å²) in [5.41, 5.74) is 3.03. The second-order valence-corrected chi connectivity index (χ2v) is 4.34. The zero-order valence-corrected chi connectivity index (χ0v) is 10.5. The second kappa shape index (κ2) is 5.45. The summed E-state index contributed by atoms with van der Waals surface area (Å²) in [6, 6.07) is 8.11. The van der Waals surface area contributed by atoms with Crippen molar-refractivity contribution >= 4 is 22.5 Å². The topological polar surface area (TPSA) is 45.1 Å². The van der Waals surface area contributed by atoms with Crippen LogP contribution in [0.4, 0.5) is 0 Å². The zero-order chi connectivity index (χ0) is 12.3. The Kier molecular flexibility index (Phi) is 3.94. The molecule has 1 aromatic heterocycles. The van der Waals surface area contributed by atoms with Crippen molar-refractivity contribution in [3.63, 3.8) is 0 Å². The molecule has 0 radical (unpaired) electrons. The molecule has 0 amide bonds. The summed E-state index contributed by atoms with van der Waals surface area (Å²) in [7, 11) is 0. The highest BCUT2D eigenvalue weighted by molar-refractivity contribution is 6.30. The number of fused-ring (bicyclic) bond motifs is 1. The Bertz CT molecular complexity index is 528. The van der Waals surface area contributed by atoms with Crippen LogP contribution in [0.1, 0.15) is 11.1 Å². The van der Waals surface area contributed by atoms with Crippen LogP contribution in [0, 0.1) is 6.92 Å². The van der Waals surface area contributed by atoms with Gasteiger partial charge in [0.25, 0.3) is 0 Å². The number of benzene rings is 1. The Morgan fingerprint density at radius 3 is 3.00 bits per heavy atom. The van der Waals surface area contributed by atoms with Gasteiger partial charge in [0, 0.05) is 24.0 Å². The molecular weight excluding hydrogens is 236 g/mol. The molecule has 2 N–H and O–H groups in total. The van der Waals surface area contributed by atoms with E-state index in [-0.39, 0.29) is 6.61 Å². The number of rotatable bonds is 4. The van der Waals surface area contributed by atoms with Gasteiger partial charge in [0.05, 0.1) is 12.1 Å². The lowest BCUT2D eigenvalue weighted by atomic mass is 10.1. The Labute approximate surface area is 105 Å². The molecule has 3 nitrogen and oxygen atoms in total. The van der Waals surface area contributed by atoms with Crippen LogP contribution in [0.25, 0.3) is 10.9 Å². The van der Waals surface area contributed by atoms with Crippen molar-refractivity contribution in [3.8, 4) is 0 Å². The molecule has 0 saturated carbocycles. The largest absolute Gasteiger partial charge is 0.395 e. The van der Waals surface area contributed by atoms with Gasteiger partial charge in [-0.25, -0.2) is 4.98 Å². The van der Waals surface area contributed by atoms with E-state index in [0.29, 0.717) is 18.2 Å². The van der Waals surface area contributed by atoms with Crippen LogP contribution in [0.3, 0.4) is 0 Å². The molecule has 4 heteroatoms. The monoisotopic (exact) mass is 250 g/mol. The van der Waals surface area contributed by atoms with Crippen molar-refractivity contribution in [1.82, 2.24) is 10.3 Å². The smallest absolute Gasteiger partial charge is 0.134 e. The number of hydrogen-bond acceptors (Lipinski definition) is 3. The molecule has 0 bridgehead atoms. The van der Waals surface area contributed by atoms with E-state index in [1.165, 1.54) is 0 Å². The molecule has 0 saturated heterocycles. The van der Waals surface area contributed by atoms with Crippen LogP contribution in [0.15, 0.2) is 24.3 Å². The van der Waals surface area contributed by atoms with Gasteiger partial charge in [-0.15, -0.1) is 0 Å². The van der Waals surface area contributed by atoms with Crippen molar-refractivity contribution in [2.75, 3.05) is 13.2 Å². The summed E-state index contributed by atoms with van der Waals surface area (Å²) in [5, 5.41) is 13.4. The number of aryl methyl sites for hydroxylation is 1. The molecule has 2 aromatic rings. The lowest BCUT2D eigenvalue weighted by Crippen LogP contribution is -2.17. The first-order chi connectivity index (χ1) is 8.22. The standard InChI is InChI=1S/C13H15ClN2O/c1-9-3-2-4-10-7-11(8-15-5-6-17)13(14)16-12(9)10/h2-4,7,15,17H,5-6,8H2,1H3. The first-order valence-electron chi connectivity index (χ1n) is 5.58. The van der Waals surface area contributed by atoms with Crippen molar-refractivity contribution in [2.45, 2.75) is 13.5 Å². The van der Waals surface area contributed by atoms with Crippen molar-refractivity contribution in [1.29, 1.82) is 0 Å². The third-order valence-electron chi connectivity index (χ3n) is 2.68. The third-order valence-corrected chi connectivity index (χ3v) is 3.00. The van der Waals surface area contributed by atoms with Crippen LogP contribution >= 0.6 is 11.6 Å². The number of pyridine rings is 1. The third kappa shape index (κ3) is 2.75. The van der Waals surface area contributed by atoms with E-state index in [9.17, 15) is 0 Å². The van der Waals surface area contributed by atoms with E-state index in [0.717, 1.165) is 22.0 Å². The van der Waals surface area contributed by atoms with Crippen molar-refractivity contribution in [2.24, 2.45) is 0 Å². The molecule has 1 aromatic carbocycles. The Balaban J connectivity index is 2.35. The summed E-state index contributed by atoms with van der Waals surface area (Å²) in [4.78, 5) is 4.42. The molecule has 2 rings (SSSR count). The number of aliphatic hydroxyl groups excluding tert-OH is 1. The fourth-order valence-electron chi connectivity index (χ4n) is 1.79. The molecule has 0 aliphatic heterocycles. The SMILES string of the molecule is Cc1cccc2cc(CNCCO)c(Cl)nc12. The highest BCUT2D eigenvalue weighted by Crippen LogP contribution is 2.22. The molecule has 17 heavy (non-hydrogen) atoms. The van der Waals surface area contributed by atoms with Gasteiger partial charge in [-0.3, -0.25) is 0 Å². The van der Waals surface area contributed by atoms with Gasteiger partial charge in [-0.1, -0.05) is 29.8 Å². The molecular formula is C13H15ClN2O. The number of nitrogens with zero attached hydrogens (tertiary/aromatic N) is 1.